The van der Waals surface area contributed by atoms with Gasteiger partial charge in [-0.1, -0.05) is 73.9 Å². The Morgan fingerprint density at radius 2 is 1.54 bits per heavy atom. The van der Waals surface area contributed by atoms with E-state index in [1.54, 1.807) is 36.4 Å². The van der Waals surface area contributed by atoms with Gasteiger partial charge in [-0.2, -0.15) is 0 Å². The minimum atomic E-state index is -1.02. The van der Waals surface area contributed by atoms with Gasteiger partial charge in [0.1, 0.15) is 17.9 Å². The lowest BCUT2D eigenvalue weighted by molar-refractivity contribution is -0.134. The Balaban J connectivity index is 1.81. The number of guanidine groups is 1. The maximum Gasteiger partial charge on any atom is 0.247 e. The second-order valence-corrected chi connectivity index (χ2v) is 10.6. The summed E-state index contributed by atoms with van der Waals surface area (Å²) in [5.74, 6) is -1.69. The van der Waals surface area contributed by atoms with Gasteiger partial charge < -0.3 is 33.6 Å². The molecule has 3 amide bonds. The highest BCUT2D eigenvalue weighted by atomic mass is 16.2. The van der Waals surface area contributed by atoms with Crippen molar-refractivity contribution in [2.75, 3.05) is 6.54 Å². The molecule has 3 atom stereocenters. The Morgan fingerprint density at radius 3 is 2.12 bits per heavy atom. The first-order valence-electron chi connectivity index (χ1n) is 14.1. The minimum Gasteiger partial charge on any atom is -0.384 e. The molecule has 0 aliphatic heterocycles. The van der Waals surface area contributed by atoms with E-state index in [2.05, 4.69) is 15.6 Å². The molecule has 2 aromatic carbocycles. The second-order valence-electron chi connectivity index (χ2n) is 10.6. The normalized spacial score (nSPS) is 15.6. The van der Waals surface area contributed by atoms with E-state index in [4.69, 9.17) is 28.3 Å². The SMILES string of the molecule is N=C(N)c1ccc(C[C@@H](C(=O)N[C@H](C(=O)N[C@@H](CCCN=C(N)N)C(N)=O)c2ccccc2)C2CCCCC2)cc1. The van der Waals surface area contributed by atoms with E-state index in [-0.39, 0.29) is 42.5 Å². The molecule has 0 heterocycles. The number of nitrogens with one attached hydrogen (secondary N) is 3. The fourth-order valence-electron chi connectivity index (χ4n) is 5.32. The molecule has 0 spiro atoms. The molecule has 0 bridgehead atoms. The van der Waals surface area contributed by atoms with Crippen LogP contribution in [0.3, 0.4) is 0 Å². The van der Waals surface area contributed by atoms with Crippen molar-refractivity contribution in [3.63, 3.8) is 0 Å². The molecular weight excluding hydrogens is 520 g/mol. The Labute approximate surface area is 241 Å². The van der Waals surface area contributed by atoms with Crippen molar-refractivity contribution in [3.8, 4) is 0 Å². The number of nitrogen functional groups attached to an aromatic ring is 1. The van der Waals surface area contributed by atoms with Crippen molar-refractivity contribution >= 4 is 29.5 Å². The van der Waals surface area contributed by atoms with E-state index >= 15 is 0 Å². The Bertz CT molecular complexity index is 1210. The molecule has 0 radical (unpaired) electrons. The number of amides is 3. The van der Waals surface area contributed by atoms with Crippen molar-refractivity contribution in [3.05, 3.63) is 71.3 Å². The van der Waals surface area contributed by atoms with Crippen molar-refractivity contribution in [1.29, 1.82) is 5.41 Å². The molecule has 11 nitrogen and oxygen atoms in total. The second kappa shape index (κ2) is 15.4. The van der Waals surface area contributed by atoms with Crippen LogP contribution in [0.1, 0.15) is 67.7 Å². The number of aliphatic imine (C=N–C) groups is 1. The fraction of sp³-hybridized carbons (Fsp3) is 0.433. The van der Waals surface area contributed by atoms with E-state index in [9.17, 15) is 14.4 Å². The van der Waals surface area contributed by atoms with Crippen LogP contribution in [-0.2, 0) is 20.8 Å². The Morgan fingerprint density at radius 1 is 0.878 bits per heavy atom. The van der Waals surface area contributed by atoms with Crippen LogP contribution in [0, 0.1) is 17.2 Å². The maximum atomic E-state index is 13.9. The zero-order valence-electron chi connectivity index (χ0n) is 23.4. The van der Waals surface area contributed by atoms with Gasteiger partial charge in [-0.05, 0) is 49.1 Å². The Hall–Kier alpha value is -4.41. The van der Waals surface area contributed by atoms with Gasteiger partial charge in [-0.3, -0.25) is 24.8 Å². The van der Waals surface area contributed by atoms with Crippen molar-refractivity contribution in [2.45, 2.75) is 63.5 Å². The van der Waals surface area contributed by atoms with Crippen molar-refractivity contribution in [1.82, 2.24) is 10.6 Å². The maximum absolute atomic E-state index is 13.9. The van der Waals surface area contributed by atoms with Crippen LogP contribution in [0.4, 0.5) is 0 Å². The number of nitrogens with zero attached hydrogens (tertiary/aromatic N) is 1. The first kappa shape index (κ1) is 31.1. The molecule has 0 aromatic heterocycles. The van der Waals surface area contributed by atoms with Crippen LogP contribution < -0.4 is 33.6 Å². The molecule has 1 aliphatic rings. The fourth-order valence-corrected chi connectivity index (χ4v) is 5.32. The van der Waals surface area contributed by atoms with Gasteiger partial charge in [0.15, 0.2) is 5.96 Å². The average molecular weight is 563 g/mol. The number of carbonyl (C=O) groups excluding carboxylic acids is 3. The largest absolute Gasteiger partial charge is 0.384 e. The lowest BCUT2D eigenvalue weighted by Gasteiger charge is -2.31. The summed E-state index contributed by atoms with van der Waals surface area (Å²) in [4.78, 5) is 43.5. The summed E-state index contributed by atoms with van der Waals surface area (Å²) in [5, 5.41) is 13.4. The molecule has 1 saturated carbocycles. The molecular formula is C30H42N8O3. The Kier molecular flexibility index (Phi) is 11.7. The van der Waals surface area contributed by atoms with Crippen LogP contribution >= 0.6 is 0 Å². The summed E-state index contributed by atoms with van der Waals surface area (Å²) in [5.41, 5.74) is 24.1. The van der Waals surface area contributed by atoms with Crippen LogP contribution in [0.2, 0.25) is 0 Å². The standard InChI is InChI=1S/C30H42N8O3/c31-26(32)22-15-13-19(14-16-22)18-23(20-8-3-1-4-9-20)28(40)38-25(21-10-5-2-6-11-21)29(41)37-24(27(33)39)12-7-17-36-30(34)35/h2,5-6,10-11,13-16,20,23-25H,1,3-4,7-9,12,17-18H2,(H3,31,32)(H2,33,39)(H,37,41)(H,38,40)(H4,34,35,36)/t23-,24+,25+/m1/s1. The number of benzene rings is 2. The van der Waals surface area contributed by atoms with Gasteiger partial charge in [-0.15, -0.1) is 0 Å². The summed E-state index contributed by atoms with van der Waals surface area (Å²) < 4.78 is 0. The van der Waals surface area contributed by atoms with Gasteiger partial charge in [0.25, 0.3) is 0 Å². The van der Waals surface area contributed by atoms with Gasteiger partial charge >= 0.3 is 0 Å². The van der Waals surface area contributed by atoms with Crippen molar-refractivity contribution in [2.24, 2.45) is 39.8 Å². The minimum absolute atomic E-state index is 0.0136. The van der Waals surface area contributed by atoms with E-state index in [0.29, 0.717) is 24.0 Å². The van der Waals surface area contributed by atoms with Crippen LogP contribution in [0.5, 0.6) is 0 Å². The van der Waals surface area contributed by atoms with Gasteiger partial charge in [0, 0.05) is 18.0 Å². The zero-order chi connectivity index (χ0) is 29.8. The molecule has 41 heavy (non-hydrogen) atoms. The summed E-state index contributed by atoms with van der Waals surface area (Å²) >= 11 is 0. The molecule has 1 aliphatic carbocycles. The first-order chi connectivity index (χ1) is 19.7. The van der Waals surface area contributed by atoms with E-state index in [0.717, 1.165) is 37.7 Å². The topological polar surface area (TPSA) is 216 Å². The summed E-state index contributed by atoms with van der Waals surface area (Å²) in [6.07, 6.45) is 6.30. The summed E-state index contributed by atoms with van der Waals surface area (Å²) in [7, 11) is 0. The van der Waals surface area contributed by atoms with E-state index in [1.165, 1.54) is 0 Å². The van der Waals surface area contributed by atoms with E-state index in [1.807, 2.05) is 18.2 Å². The predicted molar refractivity (Wildman–Crippen MR) is 160 cm³/mol. The molecule has 1 fully saturated rings. The highest BCUT2D eigenvalue weighted by molar-refractivity contribution is 5.95. The first-order valence-corrected chi connectivity index (χ1v) is 14.1. The lowest BCUT2D eigenvalue weighted by atomic mass is 9.76. The number of amidine groups is 1. The molecule has 0 unspecified atom stereocenters. The lowest BCUT2D eigenvalue weighted by Crippen LogP contribution is -2.50. The molecule has 11 N–H and O–H groups in total. The molecule has 11 heteroatoms. The van der Waals surface area contributed by atoms with Gasteiger partial charge in [-0.25, -0.2) is 0 Å². The van der Waals surface area contributed by atoms with Crippen LogP contribution in [0.15, 0.2) is 59.6 Å². The molecule has 2 aromatic rings. The molecule has 3 rings (SSSR count). The highest BCUT2D eigenvalue weighted by Crippen LogP contribution is 2.33. The molecule has 0 saturated heterocycles. The van der Waals surface area contributed by atoms with E-state index < -0.39 is 23.9 Å². The highest BCUT2D eigenvalue weighted by Gasteiger charge is 2.33. The number of rotatable bonds is 14. The summed E-state index contributed by atoms with van der Waals surface area (Å²) in [6, 6.07) is 14.3. The third kappa shape index (κ3) is 9.63. The average Bonchev–Trinajstić information content (AvgIpc) is 2.96. The van der Waals surface area contributed by atoms with Crippen LogP contribution in [0.25, 0.3) is 0 Å². The summed E-state index contributed by atoms with van der Waals surface area (Å²) in [6.45, 7) is 0.289. The number of nitrogens with two attached hydrogens (primary N) is 4. The number of hydrogen-bond donors (Lipinski definition) is 7. The quantitative estimate of drug-likeness (QED) is 0.103. The van der Waals surface area contributed by atoms with Gasteiger partial charge in [0.2, 0.25) is 17.7 Å². The predicted octanol–water partition coefficient (Wildman–Crippen LogP) is 1.59. The third-order valence-corrected chi connectivity index (χ3v) is 7.56. The van der Waals surface area contributed by atoms with Crippen molar-refractivity contribution < 1.29 is 14.4 Å². The number of primary amides is 1. The number of hydrogen-bond acceptors (Lipinski definition) is 5. The third-order valence-electron chi connectivity index (χ3n) is 7.56. The van der Waals surface area contributed by atoms with Crippen LogP contribution in [-0.4, -0.2) is 42.1 Å². The molecule has 220 valence electrons. The number of carbonyl (C=O) groups is 3. The monoisotopic (exact) mass is 562 g/mol. The smallest absolute Gasteiger partial charge is 0.247 e. The van der Waals surface area contributed by atoms with Gasteiger partial charge in [0.05, 0.1) is 0 Å². The zero-order valence-corrected chi connectivity index (χ0v) is 23.4.